The molecule has 0 aliphatic heterocycles. The zero-order chi connectivity index (χ0) is 14.5. The van der Waals surface area contributed by atoms with E-state index >= 15 is 0 Å². The highest BCUT2D eigenvalue weighted by molar-refractivity contribution is 9.10. The summed E-state index contributed by atoms with van der Waals surface area (Å²) in [7, 11) is 1.55. The minimum atomic E-state index is 0.193. The lowest BCUT2D eigenvalue weighted by molar-refractivity contribution is 0.369. The van der Waals surface area contributed by atoms with Crippen LogP contribution in [0.25, 0.3) is 0 Å². The van der Waals surface area contributed by atoms with Gasteiger partial charge in [0.05, 0.1) is 7.11 Å². The van der Waals surface area contributed by atoms with Crippen molar-refractivity contribution in [2.75, 3.05) is 7.11 Å². The van der Waals surface area contributed by atoms with Crippen molar-refractivity contribution in [3.8, 4) is 11.5 Å². The van der Waals surface area contributed by atoms with Crippen LogP contribution in [0, 0.1) is 0 Å². The van der Waals surface area contributed by atoms with E-state index < -0.39 is 0 Å². The number of benzene rings is 2. The Labute approximate surface area is 127 Å². The number of para-hydroxylation sites is 1. The monoisotopic (exact) mass is 335 g/mol. The van der Waals surface area contributed by atoms with Gasteiger partial charge < -0.3 is 15.2 Å². The second-order valence-electron chi connectivity index (χ2n) is 4.63. The molecule has 2 aromatic rings. The number of aromatic hydroxyl groups is 1. The van der Waals surface area contributed by atoms with Crippen molar-refractivity contribution in [3.63, 3.8) is 0 Å². The van der Waals surface area contributed by atoms with Crippen LogP contribution in [0.5, 0.6) is 11.5 Å². The number of halogens is 1. The van der Waals surface area contributed by atoms with Crippen LogP contribution in [0.1, 0.15) is 24.1 Å². The zero-order valence-electron chi connectivity index (χ0n) is 11.6. The second kappa shape index (κ2) is 6.77. The van der Waals surface area contributed by atoms with Crippen LogP contribution >= 0.6 is 15.9 Å². The van der Waals surface area contributed by atoms with Crippen molar-refractivity contribution in [2.45, 2.75) is 19.5 Å². The summed E-state index contributed by atoms with van der Waals surface area (Å²) < 4.78 is 6.17. The first-order chi connectivity index (χ1) is 9.61. The Balaban J connectivity index is 2.05. The second-order valence-corrected chi connectivity index (χ2v) is 5.54. The van der Waals surface area contributed by atoms with Gasteiger partial charge in [-0.1, -0.05) is 40.2 Å². The Kier molecular flexibility index (Phi) is 5.04. The Hall–Kier alpha value is -1.52. The Morgan fingerprint density at radius 1 is 1.25 bits per heavy atom. The molecule has 0 aliphatic carbocycles. The van der Waals surface area contributed by atoms with Crippen molar-refractivity contribution in [3.05, 3.63) is 58.1 Å². The molecule has 0 fully saturated rings. The van der Waals surface area contributed by atoms with Crippen LogP contribution < -0.4 is 10.1 Å². The predicted molar refractivity (Wildman–Crippen MR) is 84.1 cm³/mol. The zero-order valence-corrected chi connectivity index (χ0v) is 13.1. The van der Waals surface area contributed by atoms with Crippen molar-refractivity contribution >= 4 is 15.9 Å². The molecule has 0 spiro atoms. The first-order valence-electron chi connectivity index (χ1n) is 6.45. The van der Waals surface area contributed by atoms with Gasteiger partial charge in [-0.25, -0.2) is 0 Å². The summed E-state index contributed by atoms with van der Waals surface area (Å²) in [5.41, 5.74) is 2.02. The number of phenolic OH excluding ortho intramolecular Hbond substituents is 1. The summed E-state index contributed by atoms with van der Waals surface area (Å²) in [6.07, 6.45) is 0. The number of methoxy groups -OCH3 is 1. The quantitative estimate of drug-likeness (QED) is 0.867. The summed E-state index contributed by atoms with van der Waals surface area (Å²) in [5.74, 6) is 0.698. The number of nitrogens with one attached hydrogen (secondary N) is 1. The number of rotatable bonds is 5. The van der Waals surface area contributed by atoms with E-state index in [2.05, 4.69) is 40.3 Å². The molecule has 0 amide bonds. The van der Waals surface area contributed by atoms with Crippen LogP contribution in [0.15, 0.2) is 46.9 Å². The van der Waals surface area contributed by atoms with Gasteiger partial charge in [0.25, 0.3) is 0 Å². The van der Waals surface area contributed by atoms with Crippen molar-refractivity contribution in [2.24, 2.45) is 0 Å². The van der Waals surface area contributed by atoms with Gasteiger partial charge in [-0.2, -0.15) is 0 Å². The molecule has 2 N–H and O–H groups in total. The largest absolute Gasteiger partial charge is 0.504 e. The third-order valence-electron chi connectivity index (χ3n) is 3.25. The maximum atomic E-state index is 10.0. The number of hydrogen-bond acceptors (Lipinski definition) is 3. The number of phenols is 1. The van der Waals surface area contributed by atoms with Crippen molar-refractivity contribution < 1.29 is 9.84 Å². The van der Waals surface area contributed by atoms with Gasteiger partial charge in [0.1, 0.15) is 0 Å². The number of hydrogen-bond donors (Lipinski definition) is 2. The van der Waals surface area contributed by atoms with E-state index in [4.69, 9.17) is 4.74 Å². The summed E-state index contributed by atoms with van der Waals surface area (Å²) in [4.78, 5) is 0. The van der Waals surface area contributed by atoms with E-state index in [1.54, 1.807) is 13.2 Å². The highest BCUT2D eigenvalue weighted by Crippen LogP contribution is 2.29. The summed E-state index contributed by atoms with van der Waals surface area (Å²) in [6.45, 7) is 2.68. The van der Waals surface area contributed by atoms with Gasteiger partial charge in [0.15, 0.2) is 11.5 Å². The highest BCUT2D eigenvalue weighted by atomic mass is 79.9. The molecule has 4 heteroatoms. The first-order valence-corrected chi connectivity index (χ1v) is 7.25. The van der Waals surface area contributed by atoms with Gasteiger partial charge in [-0.05, 0) is 30.7 Å². The molecule has 0 bridgehead atoms. The normalized spacial score (nSPS) is 12.2. The maximum Gasteiger partial charge on any atom is 0.162 e. The molecule has 0 aromatic heterocycles. The van der Waals surface area contributed by atoms with Gasteiger partial charge in [-0.15, -0.1) is 0 Å². The molecule has 20 heavy (non-hydrogen) atoms. The van der Waals surface area contributed by atoms with Crippen molar-refractivity contribution in [1.82, 2.24) is 5.32 Å². The van der Waals surface area contributed by atoms with Crippen molar-refractivity contribution in [1.29, 1.82) is 0 Å². The standard InChI is InChI=1S/C16H18BrNO2/c1-11(12-5-3-7-14(17)9-12)18-10-13-6-4-8-15(20-2)16(13)19/h3-9,11,18-19H,10H2,1-2H3. The molecule has 0 aliphatic rings. The van der Waals surface area contributed by atoms with Gasteiger partial charge in [0.2, 0.25) is 0 Å². The fraction of sp³-hybridized carbons (Fsp3) is 0.250. The van der Waals surface area contributed by atoms with Gasteiger partial charge in [0, 0.05) is 22.6 Å². The molecule has 0 saturated heterocycles. The average Bonchev–Trinajstić information content (AvgIpc) is 2.46. The fourth-order valence-corrected chi connectivity index (χ4v) is 2.45. The van der Waals surface area contributed by atoms with E-state index in [9.17, 15) is 5.11 Å². The summed E-state index contributed by atoms with van der Waals surface area (Å²) in [5, 5.41) is 13.4. The van der Waals surface area contributed by atoms with Crippen LogP contribution in [-0.4, -0.2) is 12.2 Å². The molecule has 2 aromatic carbocycles. The van der Waals surface area contributed by atoms with E-state index in [0.29, 0.717) is 12.3 Å². The minimum Gasteiger partial charge on any atom is -0.504 e. The van der Waals surface area contributed by atoms with Crippen LogP contribution in [0.4, 0.5) is 0 Å². The Morgan fingerprint density at radius 3 is 2.70 bits per heavy atom. The molecule has 106 valence electrons. The smallest absolute Gasteiger partial charge is 0.162 e. The Morgan fingerprint density at radius 2 is 2.00 bits per heavy atom. The molecule has 0 radical (unpaired) electrons. The molecular weight excluding hydrogens is 318 g/mol. The van der Waals surface area contributed by atoms with Crippen LogP contribution in [-0.2, 0) is 6.54 Å². The van der Waals surface area contributed by atoms with E-state index in [1.807, 2.05) is 24.3 Å². The van der Waals surface area contributed by atoms with Gasteiger partial charge >= 0.3 is 0 Å². The number of ether oxygens (including phenoxy) is 1. The molecule has 1 unspecified atom stereocenters. The molecule has 0 saturated carbocycles. The van der Waals surface area contributed by atoms with Crippen LogP contribution in [0.2, 0.25) is 0 Å². The lowest BCUT2D eigenvalue weighted by atomic mass is 10.1. The fourth-order valence-electron chi connectivity index (χ4n) is 2.03. The topological polar surface area (TPSA) is 41.5 Å². The van der Waals surface area contributed by atoms with E-state index in [-0.39, 0.29) is 11.8 Å². The van der Waals surface area contributed by atoms with E-state index in [0.717, 1.165) is 10.0 Å². The average molecular weight is 336 g/mol. The third-order valence-corrected chi connectivity index (χ3v) is 3.74. The lowest BCUT2D eigenvalue weighted by Gasteiger charge is -2.16. The minimum absolute atomic E-state index is 0.193. The molecule has 3 nitrogen and oxygen atoms in total. The predicted octanol–water partition coefficient (Wildman–Crippen LogP) is 4.01. The summed E-state index contributed by atoms with van der Waals surface area (Å²) in [6, 6.07) is 13.9. The van der Waals surface area contributed by atoms with Gasteiger partial charge in [-0.3, -0.25) is 0 Å². The lowest BCUT2D eigenvalue weighted by Crippen LogP contribution is -2.18. The highest BCUT2D eigenvalue weighted by Gasteiger charge is 2.09. The van der Waals surface area contributed by atoms with E-state index in [1.165, 1.54) is 5.56 Å². The molecular formula is C16H18BrNO2. The molecule has 0 heterocycles. The maximum absolute atomic E-state index is 10.0. The SMILES string of the molecule is COc1cccc(CNC(C)c2cccc(Br)c2)c1O. The third kappa shape index (κ3) is 3.52. The first kappa shape index (κ1) is 14.9. The molecule has 1 atom stereocenters. The Bertz CT molecular complexity index is 586. The summed E-state index contributed by atoms with van der Waals surface area (Å²) >= 11 is 3.47. The van der Waals surface area contributed by atoms with Crippen LogP contribution in [0.3, 0.4) is 0 Å². The molecule has 2 rings (SSSR count).